The van der Waals surface area contributed by atoms with Gasteiger partial charge in [-0.2, -0.15) is 0 Å². The zero-order valence-electron chi connectivity index (χ0n) is 9.78. The fourth-order valence-corrected chi connectivity index (χ4v) is 2.18. The molecule has 3 aromatic rings. The monoisotopic (exact) mass is 273 g/mol. The third-order valence-corrected chi connectivity index (χ3v) is 3.15. The summed E-state index contributed by atoms with van der Waals surface area (Å²) in [4.78, 5) is 15.2. The number of fused-ring (bicyclic) bond motifs is 1. The van der Waals surface area contributed by atoms with E-state index in [-0.39, 0.29) is 5.78 Å². The highest BCUT2D eigenvalue weighted by Gasteiger charge is 2.12. The largest absolute Gasteiger partial charge is 0.352 e. The van der Waals surface area contributed by atoms with E-state index in [1.54, 1.807) is 24.3 Å². The van der Waals surface area contributed by atoms with Crippen LogP contribution in [0.5, 0.6) is 0 Å². The van der Waals surface area contributed by atoms with Crippen molar-refractivity contribution in [2.24, 2.45) is 0 Å². The average molecular weight is 274 g/mol. The van der Waals surface area contributed by atoms with E-state index in [0.29, 0.717) is 16.3 Å². The van der Waals surface area contributed by atoms with Crippen molar-refractivity contribution in [3.8, 4) is 0 Å². The molecule has 3 rings (SSSR count). The van der Waals surface area contributed by atoms with Gasteiger partial charge in [0.2, 0.25) is 5.78 Å². The highest BCUT2D eigenvalue weighted by molar-refractivity contribution is 6.31. The Bertz CT molecular complexity index is 779. The molecule has 1 N–H and O–H groups in total. The van der Waals surface area contributed by atoms with Crippen LogP contribution in [0.25, 0.3) is 10.9 Å². The van der Waals surface area contributed by atoms with Crippen LogP contribution in [0.15, 0.2) is 48.5 Å². The molecule has 0 aliphatic rings. The number of aromatic amines is 1. The van der Waals surface area contributed by atoms with E-state index >= 15 is 0 Å². The van der Waals surface area contributed by atoms with Crippen molar-refractivity contribution >= 4 is 28.3 Å². The van der Waals surface area contributed by atoms with E-state index in [4.69, 9.17) is 11.6 Å². The number of halogens is 2. The minimum atomic E-state index is -0.426. The van der Waals surface area contributed by atoms with Gasteiger partial charge in [0.05, 0.1) is 5.69 Å². The Kier molecular flexibility index (Phi) is 2.84. The Morgan fingerprint density at radius 3 is 2.74 bits per heavy atom. The molecule has 0 atom stereocenters. The maximum atomic E-state index is 13.1. The molecule has 0 aliphatic heterocycles. The number of carbonyl (C=O) groups is 1. The van der Waals surface area contributed by atoms with Gasteiger partial charge in [-0.3, -0.25) is 4.79 Å². The minimum Gasteiger partial charge on any atom is -0.352 e. The van der Waals surface area contributed by atoms with Crippen LogP contribution in [0.3, 0.4) is 0 Å². The molecule has 2 nitrogen and oxygen atoms in total. The van der Waals surface area contributed by atoms with Gasteiger partial charge in [0, 0.05) is 21.5 Å². The van der Waals surface area contributed by atoms with Gasteiger partial charge in [0.1, 0.15) is 5.82 Å². The van der Waals surface area contributed by atoms with Gasteiger partial charge in [-0.25, -0.2) is 4.39 Å². The van der Waals surface area contributed by atoms with Gasteiger partial charge < -0.3 is 4.98 Å². The Balaban J connectivity index is 2.06. The summed E-state index contributed by atoms with van der Waals surface area (Å²) < 4.78 is 13.1. The molecule has 0 aliphatic carbocycles. The van der Waals surface area contributed by atoms with Crippen molar-refractivity contribution < 1.29 is 9.18 Å². The number of carbonyl (C=O) groups excluding carboxylic acids is 1. The third-order valence-electron chi connectivity index (χ3n) is 2.92. The molecule has 0 bridgehead atoms. The predicted octanol–water partition coefficient (Wildman–Crippen LogP) is 4.19. The number of rotatable bonds is 2. The minimum absolute atomic E-state index is 0.244. The van der Waals surface area contributed by atoms with Gasteiger partial charge in [0.15, 0.2) is 0 Å². The number of hydrogen-bond donors (Lipinski definition) is 1. The first-order valence-corrected chi connectivity index (χ1v) is 6.10. The van der Waals surface area contributed by atoms with Crippen LogP contribution < -0.4 is 0 Å². The summed E-state index contributed by atoms with van der Waals surface area (Å²) in [5, 5.41) is 1.49. The molecule has 4 heteroatoms. The van der Waals surface area contributed by atoms with Gasteiger partial charge in [-0.05, 0) is 30.3 Å². The van der Waals surface area contributed by atoms with Crippen LogP contribution in [-0.2, 0) is 0 Å². The predicted molar refractivity (Wildman–Crippen MR) is 73.1 cm³/mol. The van der Waals surface area contributed by atoms with Crippen molar-refractivity contribution in [3.05, 3.63) is 70.6 Å². The van der Waals surface area contributed by atoms with Crippen LogP contribution in [0, 0.1) is 5.82 Å². The highest BCUT2D eigenvalue weighted by Crippen LogP contribution is 2.21. The smallest absolute Gasteiger partial charge is 0.209 e. The maximum Gasteiger partial charge on any atom is 0.209 e. The van der Waals surface area contributed by atoms with Gasteiger partial charge >= 0.3 is 0 Å². The van der Waals surface area contributed by atoms with Gasteiger partial charge in [-0.15, -0.1) is 0 Å². The molecule has 0 amide bonds. The van der Waals surface area contributed by atoms with Crippen molar-refractivity contribution in [2.45, 2.75) is 0 Å². The number of hydrogen-bond acceptors (Lipinski definition) is 1. The fourth-order valence-electron chi connectivity index (χ4n) is 2.01. The third kappa shape index (κ3) is 2.25. The first-order valence-electron chi connectivity index (χ1n) is 5.72. The van der Waals surface area contributed by atoms with Crippen molar-refractivity contribution in [3.63, 3.8) is 0 Å². The molecule has 0 saturated carbocycles. The molecule has 0 spiro atoms. The SMILES string of the molecule is O=C(c1cccc(F)c1)c1cc2ccc(Cl)cc2[nH]1. The Hall–Kier alpha value is -2.13. The molecular weight excluding hydrogens is 265 g/mol. The lowest BCUT2D eigenvalue weighted by Crippen LogP contribution is -2.01. The molecule has 1 aromatic heterocycles. The number of aromatic nitrogens is 1. The molecule has 0 unspecified atom stereocenters. The quantitative estimate of drug-likeness (QED) is 0.698. The van der Waals surface area contributed by atoms with E-state index < -0.39 is 5.82 Å². The van der Waals surface area contributed by atoms with Gasteiger partial charge in [0.25, 0.3) is 0 Å². The first-order chi connectivity index (χ1) is 9.13. The number of ketones is 1. The van der Waals surface area contributed by atoms with E-state index in [0.717, 1.165) is 10.9 Å². The van der Waals surface area contributed by atoms with Crippen LogP contribution in [0.4, 0.5) is 4.39 Å². The Morgan fingerprint density at radius 1 is 1.11 bits per heavy atom. The lowest BCUT2D eigenvalue weighted by molar-refractivity contribution is 0.103. The molecule has 2 aromatic carbocycles. The summed E-state index contributed by atoms with van der Waals surface area (Å²) in [5.41, 5.74) is 1.52. The zero-order chi connectivity index (χ0) is 13.4. The van der Waals surface area contributed by atoms with E-state index in [9.17, 15) is 9.18 Å². The lowest BCUT2D eigenvalue weighted by atomic mass is 10.1. The molecule has 0 fully saturated rings. The van der Waals surface area contributed by atoms with E-state index in [1.807, 2.05) is 6.07 Å². The fraction of sp³-hybridized carbons (Fsp3) is 0. The zero-order valence-corrected chi connectivity index (χ0v) is 10.5. The molecule has 19 heavy (non-hydrogen) atoms. The Morgan fingerprint density at radius 2 is 1.95 bits per heavy atom. The maximum absolute atomic E-state index is 13.1. The summed E-state index contributed by atoms with van der Waals surface area (Å²) in [6.45, 7) is 0. The molecule has 1 heterocycles. The van der Waals surface area contributed by atoms with Crippen LogP contribution in [-0.4, -0.2) is 10.8 Å². The number of benzene rings is 2. The summed E-state index contributed by atoms with van der Waals surface area (Å²) >= 11 is 5.89. The first kappa shape index (κ1) is 11.9. The highest BCUT2D eigenvalue weighted by atomic mass is 35.5. The van der Waals surface area contributed by atoms with Crippen LogP contribution in [0.2, 0.25) is 5.02 Å². The molecule has 0 radical (unpaired) electrons. The van der Waals surface area contributed by atoms with E-state index in [2.05, 4.69) is 4.98 Å². The van der Waals surface area contributed by atoms with Gasteiger partial charge in [-0.1, -0.05) is 29.8 Å². The van der Waals surface area contributed by atoms with E-state index in [1.165, 1.54) is 18.2 Å². The number of nitrogens with one attached hydrogen (secondary N) is 1. The summed E-state index contributed by atoms with van der Waals surface area (Å²) in [5.74, 6) is -0.670. The van der Waals surface area contributed by atoms with Crippen LogP contribution >= 0.6 is 11.6 Å². The lowest BCUT2D eigenvalue weighted by Gasteiger charge is -1.98. The van der Waals surface area contributed by atoms with Crippen molar-refractivity contribution in [1.82, 2.24) is 4.98 Å². The van der Waals surface area contributed by atoms with Crippen LogP contribution in [0.1, 0.15) is 16.1 Å². The Labute approximate surface area is 113 Å². The second kappa shape index (κ2) is 4.52. The normalized spacial score (nSPS) is 10.8. The second-order valence-electron chi connectivity index (χ2n) is 4.25. The molecule has 94 valence electrons. The summed E-state index contributed by atoms with van der Waals surface area (Å²) in [6, 6.07) is 12.7. The summed E-state index contributed by atoms with van der Waals surface area (Å²) in [7, 11) is 0. The average Bonchev–Trinajstić information content (AvgIpc) is 2.80. The number of H-pyrrole nitrogens is 1. The standard InChI is InChI=1S/C15H9ClFNO/c16-11-5-4-9-7-14(18-13(9)8-11)15(19)10-2-1-3-12(17)6-10/h1-8,18H. The molecule has 0 saturated heterocycles. The van der Waals surface area contributed by atoms with Crippen molar-refractivity contribution in [1.29, 1.82) is 0 Å². The topological polar surface area (TPSA) is 32.9 Å². The summed E-state index contributed by atoms with van der Waals surface area (Å²) in [6.07, 6.45) is 0. The molecular formula is C15H9ClFNO. The second-order valence-corrected chi connectivity index (χ2v) is 4.69. The van der Waals surface area contributed by atoms with Crippen molar-refractivity contribution in [2.75, 3.05) is 0 Å².